The zero-order valence-electron chi connectivity index (χ0n) is 12.5. The quantitative estimate of drug-likeness (QED) is 0.816. The summed E-state index contributed by atoms with van der Waals surface area (Å²) in [7, 11) is 0. The van der Waals surface area contributed by atoms with Crippen LogP contribution in [0.5, 0.6) is 0 Å². The molecule has 0 saturated carbocycles. The van der Waals surface area contributed by atoms with Crippen molar-refractivity contribution in [2.75, 3.05) is 13.1 Å². The summed E-state index contributed by atoms with van der Waals surface area (Å²) in [5, 5.41) is -0.218. The van der Waals surface area contributed by atoms with Crippen molar-refractivity contribution in [2.45, 2.75) is 38.6 Å². The van der Waals surface area contributed by atoms with Crippen LogP contribution < -0.4 is 0 Å². The van der Waals surface area contributed by atoms with E-state index in [9.17, 15) is 4.79 Å². The lowest BCUT2D eigenvalue weighted by Gasteiger charge is -2.17. The summed E-state index contributed by atoms with van der Waals surface area (Å²) in [5.74, 6) is 0.927. The molecule has 1 aliphatic heterocycles. The second-order valence-electron chi connectivity index (χ2n) is 5.75. The number of likely N-dealkylation sites (tertiary alicyclic amines) is 1. The number of aryl methyl sites for hydroxylation is 1. The SMILES string of the molecule is Cc1ccc2nc(C(C)Cl)n(CC(=O)N3CCCC3)c2c1. The molecule has 0 aliphatic carbocycles. The number of hydrogen-bond acceptors (Lipinski definition) is 2. The summed E-state index contributed by atoms with van der Waals surface area (Å²) < 4.78 is 1.97. The van der Waals surface area contributed by atoms with Gasteiger partial charge in [0.15, 0.2) is 0 Å². The molecule has 21 heavy (non-hydrogen) atoms. The molecular weight excluding hydrogens is 286 g/mol. The van der Waals surface area contributed by atoms with Gasteiger partial charge in [-0.05, 0) is 44.4 Å². The van der Waals surface area contributed by atoms with Gasteiger partial charge in [0.05, 0.1) is 16.4 Å². The van der Waals surface area contributed by atoms with Crippen LogP contribution in [0.4, 0.5) is 0 Å². The van der Waals surface area contributed by atoms with Crippen molar-refractivity contribution in [3.05, 3.63) is 29.6 Å². The van der Waals surface area contributed by atoms with E-state index in [1.54, 1.807) is 0 Å². The Labute approximate surface area is 129 Å². The molecule has 1 unspecified atom stereocenters. The van der Waals surface area contributed by atoms with Gasteiger partial charge in [0.25, 0.3) is 0 Å². The van der Waals surface area contributed by atoms with Gasteiger partial charge in [-0.2, -0.15) is 0 Å². The number of fused-ring (bicyclic) bond motifs is 1. The molecule has 1 aromatic heterocycles. The van der Waals surface area contributed by atoms with Gasteiger partial charge in [-0.1, -0.05) is 6.07 Å². The van der Waals surface area contributed by atoms with Gasteiger partial charge in [-0.15, -0.1) is 11.6 Å². The molecule has 112 valence electrons. The maximum atomic E-state index is 12.5. The van der Waals surface area contributed by atoms with E-state index in [4.69, 9.17) is 11.6 Å². The van der Waals surface area contributed by atoms with Crippen molar-refractivity contribution in [3.63, 3.8) is 0 Å². The smallest absolute Gasteiger partial charge is 0.242 e. The summed E-state index contributed by atoms with van der Waals surface area (Å²) in [6, 6.07) is 6.09. The molecule has 4 nitrogen and oxygen atoms in total. The number of halogens is 1. The van der Waals surface area contributed by atoms with Crippen LogP contribution in [-0.4, -0.2) is 33.4 Å². The Hall–Kier alpha value is -1.55. The monoisotopic (exact) mass is 305 g/mol. The topological polar surface area (TPSA) is 38.1 Å². The Balaban J connectivity index is 2.00. The Morgan fingerprint density at radius 1 is 1.38 bits per heavy atom. The number of carbonyl (C=O) groups is 1. The van der Waals surface area contributed by atoms with E-state index in [1.807, 2.05) is 35.4 Å². The van der Waals surface area contributed by atoms with Crippen LogP contribution in [0, 0.1) is 6.92 Å². The molecule has 1 aromatic carbocycles. The van der Waals surface area contributed by atoms with E-state index in [0.717, 1.165) is 48.4 Å². The maximum Gasteiger partial charge on any atom is 0.242 e. The Bertz CT molecular complexity index is 671. The minimum Gasteiger partial charge on any atom is -0.341 e. The Morgan fingerprint density at radius 3 is 2.76 bits per heavy atom. The largest absolute Gasteiger partial charge is 0.341 e. The Morgan fingerprint density at radius 2 is 2.10 bits per heavy atom. The van der Waals surface area contributed by atoms with Crippen molar-refractivity contribution in [1.82, 2.24) is 14.5 Å². The summed E-state index contributed by atoms with van der Waals surface area (Å²) in [4.78, 5) is 19.0. The zero-order chi connectivity index (χ0) is 15.0. The van der Waals surface area contributed by atoms with Crippen molar-refractivity contribution in [1.29, 1.82) is 0 Å². The van der Waals surface area contributed by atoms with Crippen LogP contribution in [0.2, 0.25) is 0 Å². The van der Waals surface area contributed by atoms with Gasteiger partial charge in [-0.3, -0.25) is 4.79 Å². The van der Waals surface area contributed by atoms with Gasteiger partial charge in [0.1, 0.15) is 12.4 Å². The van der Waals surface area contributed by atoms with Crippen molar-refractivity contribution >= 4 is 28.5 Å². The normalized spacial score (nSPS) is 16.6. The van der Waals surface area contributed by atoms with Crippen molar-refractivity contribution in [3.8, 4) is 0 Å². The third kappa shape index (κ3) is 2.77. The second kappa shape index (κ2) is 5.68. The van der Waals surface area contributed by atoms with Crippen LogP contribution in [0.15, 0.2) is 18.2 Å². The molecule has 0 radical (unpaired) electrons. The van der Waals surface area contributed by atoms with E-state index in [-0.39, 0.29) is 11.3 Å². The highest BCUT2D eigenvalue weighted by Gasteiger charge is 2.22. The van der Waals surface area contributed by atoms with Crippen LogP contribution in [0.1, 0.15) is 36.5 Å². The molecule has 1 fully saturated rings. The van der Waals surface area contributed by atoms with Crippen LogP contribution in [-0.2, 0) is 11.3 Å². The highest BCUT2D eigenvalue weighted by molar-refractivity contribution is 6.20. The van der Waals surface area contributed by atoms with Gasteiger partial charge >= 0.3 is 0 Å². The van der Waals surface area contributed by atoms with Gasteiger partial charge in [0, 0.05) is 13.1 Å². The molecule has 5 heteroatoms. The van der Waals surface area contributed by atoms with E-state index in [1.165, 1.54) is 0 Å². The van der Waals surface area contributed by atoms with E-state index < -0.39 is 0 Å². The number of hydrogen-bond donors (Lipinski definition) is 0. The minimum atomic E-state index is -0.218. The first-order valence-corrected chi connectivity index (χ1v) is 7.88. The Kier molecular flexibility index (Phi) is 3.89. The predicted molar refractivity (Wildman–Crippen MR) is 84.6 cm³/mol. The summed E-state index contributed by atoms with van der Waals surface area (Å²) in [6.07, 6.45) is 2.21. The fourth-order valence-electron chi connectivity index (χ4n) is 2.92. The molecule has 1 atom stereocenters. The first-order valence-electron chi connectivity index (χ1n) is 7.45. The van der Waals surface area contributed by atoms with Crippen LogP contribution >= 0.6 is 11.6 Å². The van der Waals surface area contributed by atoms with Gasteiger partial charge in [-0.25, -0.2) is 4.98 Å². The van der Waals surface area contributed by atoms with Gasteiger partial charge in [0.2, 0.25) is 5.91 Å². The third-order valence-electron chi connectivity index (χ3n) is 4.04. The third-order valence-corrected chi connectivity index (χ3v) is 4.24. The number of rotatable bonds is 3. The summed E-state index contributed by atoms with van der Waals surface area (Å²) in [6.45, 7) is 6.01. The molecule has 1 amide bonds. The fraction of sp³-hybridized carbons (Fsp3) is 0.500. The molecule has 3 rings (SSSR count). The first kappa shape index (κ1) is 14.4. The number of benzene rings is 1. The zero-order valence-corrected chi connectivity index (χ0v) is 13.2. The molecule has 2 heterocycles. The van der Waals surface area contributed by atoms with Crippen LogP contribution in [0.3, 0.4) is 0 Å². The van der Waals surface area contributed by atoms with E-state index >= 15 is 0 Å². The molecule has 2 aromatic rings. The molecule has 0 bridgehead atoms. The highest BCUT2D eigenvalue weighted by Crippen LogP contribution is 2.25. The standard InChI is InChI=1S/C16H20ClN3O/c1-11-5-6-13-14(9-11)20(16(18-13)12(2)17)10-15(21)19-7-3-4-8-19/h5-6,9,12H,3-4,7-8,10H2,1-2H3. The van der Waals surface area contributed by atoms with E-state index in [2.05, 4.69) is 11.1 Å². The lowest BCUT2D eigenvalue weighted by atomic mass is 10.2. The molecule has 1 saturated heterocycles. The number of carbonyl (C=O) groups excluding carboxylic acids is 1. The predicted octanol–water partition coefficient (Wildman–Crippen LogP) is 3.27. The van der Waals surface area contributed by atoms with Crippen LogP contribution in [0.25, 0.3) is 11.0 Å². The minimum absolute atomic E-state index is 0.159. The number of nitrogens with zero attached hydrogens (tertiary/aromatic N) is 3. The second-order valence-corrected chi connectivity index (χ2v) is 6.41. The number of imidazole rings is 1. The number of alkyl halides is 1. The fourth-order valence-corrected chi connectivity index (χ4v) is 3.09. The van der Waals surface area contributed by atoms with Gasteiger partial charge < -0.3 is 9.47 Å². The van der Waals surface area contributed by atoms with E-state index in [0.29, 0.717) is 6.54 Å². The summed E-state index contributed by atoms with van der Waals surface area (Å²) >= 11 is 6.25. The molecule has 0 N–H and O–H groups in total. The average molecular weight is 306 g/mol. The average Bonchev–Trinajstić information content (AvgIpc) is 3.07. The first-order chi connectivity index (χ1) is 10.1. The number of amides is 1. The summed E-state index contributed by atoms with van der Waals surface area (Å²) in [5.41, 5.74) is 3.05. The lowest BCUT2D eigenvalue weighted by Crippen LogP contribution is -2.31. The highest BCUT2D eigenvalue weighted by atomic mass is 35.5. The molecule has 1 aliphatic rings. The molecular formula is C16H20ClN3O. The lowest BCUT2D eigenvalue weighted by molar-refractivity contribution is -0.130. The van der Waals surface area contributed by atoms with Crippen molar-refractivity contribution < 1.29 is 4.79 Å². The number of aromatic nitrogens is 2. The maximum absolute atomic E-state index is 12.5. The molecule has 0 spiro atoms. The van der Waals surface area contributed by atoms with Crippen molar-refractivity contribution in [2.24, 2.45) is 0 Å².